The first-order valence-corrected chi connectivity index (χ1v) is 9.26. The van der Waals surface area contributed by atoms with Crippen LogP contribution in [0.15, 0.2) is 63.9 Å². The number of carbonyl (C=O) groups excluding carboxylic acids is 1. The Morgan fingerprint density at radius 3 is 2.54 bits per heavy atom. The van der Waals surface area contributed by atoms with Gasteiger partial charge in [-0.3, -0.25) is 9.59 Å². The van der Waals surface area contributed by atoms with Gasteiger partial charge in [-0.1, -0.05) is 34.1 Å². The van der Waals surface area contributed by atoms with Gasteiger partial charge < -0.3 is 5.32 Å². The van der Waals surface area contributed by atoms with Crippen molar-refractivity contribution in [2.45, 2.75) is 19.5 Å². The Balaban J connectivity index is 1.62. The molecule has 0 spiro atoms. The number of hydrogen-bond donors (Lipinski definition) is 1. The predicted octanol–water partition coefficient (Wildman–Crippen LogP) is 3.66. The molecule has 1 heterocycles. The van der Waals surface area contributed by atoms with Crippen molar-refractivity contribution in [1.29, 1.82) is 0 Å². The molecule has 3 aromatic rings. The summed E-state index contributed by atoms with van der Waals surface area (Å²) in [7, 11) is 0. The molecule has 3 rings (SSSR count). The quantitative estimate of drug-likeness (QED) is 0.626. The van der Waals surface area contributed by atoms with Crippen molar-refractivity contribution in [2.24, 2.45) is 0 Å². The Morgan fingerprint density at radius 1 is 1.07 bits per heavy atom. The molecule has 0 atom stereocenters. The highest BCUT2D eigenvalue weighted by Gasteiger charge is 2.09. The van der Waals surface area contributed by atoms with E-state index in [9.17, 15) is 18.4 Å². The van der Waals surface area contributed by atoms with E-state index in [-0.39, 0.29) is 36.5 Å². The van der Waals surface area contributed by atoms with Gasteiger partial charge in [0.15, 0.2) is 0 Å². The molecule has 2 aromatic carbocycles. The number of carbonyl (C=O) groups is 1. The summed E-state index contributed by atoms with van der Waals surface area (Å²) in [6.07, 6.45) is -0.000485. The van der Waals surface area contributed by atoms with E-state index in [1.807, 2.05) is 24.3 Å². The number of rotatable bonds is 6. The average molecular weight is 448 g/mol. The summed E-state index contributed by atoms with van der Waals surface area (Å²) >= 11 is 3.36. The van der Waals surface area contributed by atoms with Crippen LogP contribution in [0.5, 0.6) is 0 Å². The molecular formula is C20H16BrF2N3O2. The number of aromatic nitrogens is 2. The van der Waals surface area contributed by atoms with Crippen LogP contribution in [-0.4, -0.2) is 15.7 Å². The Morgan fingerprint density at radius 2 is 1.82 bits per heavy atom. The van der Waals surface area contributed by atoms with E-state index in [4.69, 9.17) is 0 Å². The number of halogens is 3. The SMILES string of the molecule is O=C(CCn1nc(-c2ccc(Br)cc2)ccc1=O)NCc1ccc(F)cc1F. The van der Waals surface area contributed by atoms with E-state index in [1.54, 1.807) is 6.07 Å². The van der Waals surface area contributed by atoms with Crippen LogP contribution in [0.4, 0.5) is 8.78 Å². The van der Waals surface area contributed by atoms with Gasteiger partial charge >= 0.3 is 0 Å². The van der Waals surface area contributed by atoms with Crippen LogP contribution in [0.3, 0.4) is 0 Å². The lowest BCUT2D eigenvalue weighted by Gasteiger charge is -2.09. The van der Waals surface area contributed by atoms with E-state index < -0.39 is 11.6 Å². The zero-order valence-corrected chi connectivity index (χ0v) is 16.2. The van der Waals surface area contributed by atoms with Crippen molar-refractivity contribution < 1.29 is 13.6 Å². The van der Waals surface area contributed by atoms with Gasteiger partial charge in [-0.25, -0.2) is 13.5 Å². The van der Waals surface area contributed by atoms with E-state index in [2.05, 4.69) is 26.3 Å². The number of nitrogens with one attached hydrogen (secondary N) is 1. The van der Waals surface area contributed by atoms with Crippen LogP contribution in [-0.2, 0) is 17.9 Å². The summed E-state index contributed by atoms with van der Waals surface area (Å²) in [5.74, 6) is -1.77. The average Bonchev–Trinajstić information content (AvgIpc) is 2.67. The first-order chi connectivity index (χ1) is 13.4. The third kappa shape index (κ3) is 5.10. The molecule has 1 N–H and O–H groups in total. The fourth-order valence-corrected chi connectivity index (χ4v) is 2.80. The van der Waals surface area contributed by atoms with Gasteiger partial charge in [0, 0.05) is 40.7 Å². The van der Waals surface area contributed by atoms with Gasteiger partial charge in [0.1, 0.15) is 11.6 Å². The molecule has 0 aliphatic carbocycles. The van der Waals surface area contributed by atoms with Gasteiger partial charge in [0.05, 0.1) is 12.2 Å². The Bertz CT molecular complexity index is 1050. The third-order valence-electron chi connectivity index (χ3n) is 4.05. The number of nitrogens with zero attached hydrogens (tertiary/aromatic N) is 2. The molecule has 1 aromatic heterocycles. The normalized spacial score (nSPS) is 10.7. The molecule has 0 unspecified atom stereocenters. The predicted molar refractivity (Wildman–Crippen MR) is 104 cm³/mol. The molecule has 0 aliphatic rings. The number of benzene rings is 2. The highest BCUT2D eigenvalue weighted by molar-refractivity contribution is 9.10. The van der Waals surface area contributed by atoms with Gasteiger partial charge in [-0.15, -0.1) is 0 Å². The summed E-state index contributed by atoms with van der Waals surface area (Å²) in [5.41, 5.74) is 1.31. The van der Waals surface area contributed by atoms with Gasteiger partial charge in [-0.05, 0) is 24.3 Å². The lowest BCUT2D eigenvalue weighted by atomic mass is 10.1. The van der Waals surface area contributed by atoms with E-state index in [1.165, 1.54) is 16.8 Å². The second-order valence-corrected chi connectivity index (χ2v) is 6.96. The monoisotopic (exact) mass is 447 g/mol. The highest BCUT2D eigenvalue weighted by Crippen LogP contribution is 2.18. The van der Waals surface area contributed by atoms with Gasteiger partial charge in [0.25, 0.3) is 5.56 Å². The number of aryl methyl sites for hydroxylation is 1. The minimum Gasteiger partial charge on any atom is -0.352 e. The summed E-state index contributed by atoms with van der Waals surface area (Å²) in [6.45, 7) is 0.0210. The molecule has 1 amide bonds. The van der Waals surface area contributed by atoms with Gasteiger partial charge in [-0.2, -0.15) is 5.10 Å². The topological polar surface area (TPSA) is 64.0 Å². The molecular weight excluding hydrogens is 432 g/mol. The van der Waals surface area contributed by atoms with Crippen molar-refractivity contribution in [3.8, 4) is 11.3 Å². The van der Waals surface area contributed by atoms with Crippen LogP contribution in [0.25, 0.3) is 11.3 Å². The molecule has 28 heavy (non-hydrogen) atoms. The zero-order chi connectivity index (χ0) is 20.1. The van der Waals surface area contributed by atoms with Crippen LogP contribution in [0, 0.1) is 11.6 Å². The lowest BCUT2D eigenvalue weighted by Crippen LogP contribution is -2.28. The molecule has 0 saturated carbocycles. The van der Waals surface area contributed by atoms with Gasteiger partial charge in [0.2, 0.25) is 5.91 Å². The fourth-order valence-electron chi connectivity index (χ4n) is 2.54. The Kier molecular flexibility index (Phi) is 6.30. The largest absolute Gasteiger partial charge is 0.352 e. The minimum absolute atomic E-state index is 0.000485. The smallest absolute Gasteiger partial charge is 0.266 e. The van der Waals surface area contributed by atoms with Crippen LogP contribution < -0.4 is 10.9 Å². The van der Waals surface area contributed by atoms with Crippen LogP contribution in [0.1, 0.15) is 12.0 Å². The molecule has 5 nitrogen and oxygen atoms in total. The maximum absolute atomic E-state index is 13.6. The van der Waals surface area contributed by atoms with E-state index >= 15 is 0 Å². The molecule has 8 heteroatoms. The molecule has 0 radical (unpaired) electrons. The second kappa shape index (κ2) is 8.88. The van der Waals surface area contributed by atoms with E-state index in [0.717, 1.165) is 22.2 Å². The first-order valence-electron chi connectivity index (χ1n) is 8.47. The Labute approximate surface area is 168 Å². The summed E-state index contributed by atoms with van der Waals surface area (Å²) < 4.78 is 28.6. The standard InChI is InChI=1S/C20H16BrF2N3O2/c21-15-4-1-13(2-5-15)18-7-8-20(28)26(25-18)10-9-19(27)24-12-14-3-6-16(22)11-17(14)23/h1-8,11H,9-10,12H2,(H,24,27). The molecule has 0 aliphatic heterocycles. The maximum Gasteiger partial charge on any atom is 0.266 e. The van der Waals surface area contributed by atoms with Crippen molar-refractivity contribution in [2.75, 3.05) is 0 Å². The van der Waals surface area contributed by atoms with Crippen molar-refractivity contribution in [3.05, 3.63) is 86.6 Å². The van der Waals surface area contributed by atoms with E-state index in [0.29, 0.717) is 5.69 Å². The summed E-state index contributed by atoms with van der Waals surface area (Å²) in [5, 5.41) is 6.85. The zero-order valence-electron chi connectivity index (χ0n) is 14.7. The molecule has 0 saturated heterocycles. The van der Waals surface area contributed by atoms with Crippen molar-refractivity contribution in [3.63, 3.8) is 0 Å². The fraction of sp³-hybridized carbons (Fsp3) is 0.150. The third-order valence-corrected chi connectivity index (χ3v) is 4.58. The van der Waals surface area contributed by atoms with Crippen molar-refractivity contribution in [1.82, 2.24) is 15.1 Å². The van der Waals surface area contributed by atoms with Crippen molar-refractivity contribution >= 4 is 21.8 Å². The second-order valence-electron chi connectivity index (χ2n) is 6.05. The first kappa shape index (κ1) is 19.9. The highest BCUT2D eigenvalue weighted by atomic mass is 79.9. The summed E-state index contributed by atoms with van der Waals surface area (Å²) in [4.78, 5) is 24.0. The minimum atomic E-state index is -0.722. The van der Waals surface area contributed by atoms with Crippen LogP contribution in [0.2, 0.25) is 0 Å². The summed E-state index contributed by atoms with van der Waals surface area (Å²) in [6, 6.07) is 13.7. The Hall–Kier alpha value is -2.87. The maximum atomic E-state index is 13.6. The number of amides is 1. The lowest BCUT2D eigenvalue weighted by molar-refractivity contribution is -0.121. The molecule has 0 fully saturated rings. The molecule has 144 valence electrons. The van der Waals surface area contributed by atoms with Crippen LogP contribution >= 0.6 is 15.9 Å². The molecule has 0 bridgehead atoms. The number of hydrogen-bond acceptors (Lipinski definition) is 3.